The predicted molar refractivity (Wildman–Crippen MR) is 67.8 cm³/mol. The van der Waals surface area contributed by atoms with Crippen molar-refractivity contribution in [2.75, 3.05) is 47.9 Å². The normalized spacial score (nSPS) is 12.4. The van der Waals surface area contributed by atoms with E-state index in [4.69, 9.17) is 9.47 Å². The van der Waals surface area contributed by atoms with Crippen molar-refractivity contribution in [3.63, 3.8) is 0 Å². The first-order valence-corrected chi connectivity index (χ1v) is 6.25. The lowest BCUT2D eigenvalue weighted by molar-refractivity contribution is -0.146. The van der Waals surface area contributed by atoms with Gasteiger partial charge in [-0.1, -0.05) is 0 Å². The van der Waals surface area contributed by atoms with Crippen molar-refractivity contribution in [2.45, 2.75) is 24.7 Å². The third-order valence-corrected chi connectivity index (χ3v) is 3.14. The van der Waals surface area contributed by atoms with Crippen molar-refractivity contribution in [3.05, 3.63) is 0 Å². The minimum atomic E-state index is -0.620. The maximum Gasteiger partial charge on any atom is 0.143 e. The number of hydrogen-bond donors (Lipinski definition) is 1. The Labute approximate surface area is 103 Å². The number of nitrogens with zero attached hydrogens (tertiary/aromatic N) is 1. The van der Waals surface area contributed by atoms with Gasteiger partial charge in [-0.2, -0.15) is 0 Å². The van der Waals surface area contributed by atoms with Crippen LogP contribution in [0.5, 0.6) is 0 Å². The number of rotatable bonds is 10. The summed E-state index contributed by atoms with van der Waals surface area (Å²) < 4.78 is 10.4. The van der Waals surface area contributed by atoms with E-state index in [2.05, 4.69) is 34.6 Å². The number of hydrogen-bond acceptors (Lipinski definition) is 4. The van der Waals surface area contributed by atoms with Gasteiger partial charge >= 0.3 is 0 Å². The molecule has 0 aromatic heterocycles. The second-order valence-electron chi connectivity index (χ2n) is 4.17. The van der Waals surface area contributed by atoms with E-state index in [0.29, 0.717) is 0 Å². The van der Waals surface area contributed by atoms with Crippen LogP contribution in [0.3, 0.4) is 0 Å². The lowest BCUT2D eigenvalue weighted by atomic mass is 10.3. The molecule has 0 aliphatic carbocycles. The highest BCUT2D eigenvalue weighted by Gasteiger charge is 2.21. The Morgan fingerprint density at radius 1 is 1.12 bits per heavy atom. The molecule has 0 fully saturated rings. The number of methoxy groups -OCH3 is 2. The Hall–Kier alpha value is 0.0569. The Kier molecular flexibility index (Phi) is 9.16. The minimum Gasteiger partial charge on any atom is -0.358 e. The molecule has 0 aromatic carbocycles. The first-order valence-electron chi connectivity index (χ1n) is 5.75. The van der Waals surface area contributed by atoms with Gasteiger partial charge in [-0.25, -0.2) is 0 Å². The Balaban J connectivity index is 3.33. The summed E-state index contributed by atoms with van der Waals surface area (Å²) in [6.45, 7) is 3.18. The fraction of sp³-hybridized carbons (Fsp3) is 1.00. The summed E-state index contributed by atoms with van der Waals surface area (Å²) in [5.41, 5.74) is -0.620. The van der Waals surface area contributed by atoms with Gasteiger partial charge in [-0.3, -0.25) is 0 Å². The highest BCUT2D eigenvalue weighted by atomic mass is 28.1. The van der Waals surface area contributed by atoms with Gasteiger partial charge in [0, 0.05) is 14.2 Å². The topological polar surface area (TPSA) is 33.7 Å². The largest absolute Gasteiger partial charge is 0.358 e. The first kappa shape index (κ1) is 16.1. The molecule has 0 bridgehead atoms. The molecule has 0 atom stereocenters. The van der Waals surface area contributed by atoms with E-state index in [1.165, 1.54) is 6.42 Å². The quantitative estimate of drug-likeness (QED) is 0.344. The first-order chi connectivity index (χ1) is 7.54. The molecule has 16 heavy (non-hydrogen) atoms. The van der Waals surface area contributed by atoms with Gasteiger partial charge in [0.05, 0.1) is 0 Å². The summed E-state index contributed by atoms with van der Waals surface area (Å²) in [6.07, 6.45) is 3.03. The van der Waals surface area contributed by atoms with Crippen LogP contribution in [0.25, 0.3) is 0 Å². The molecular formula is C11H25N2O2Si. The lowest BCUT2D eigenvalue weighted by Crippen LogP contribution is -2.35. The molecule has 5 heteroatoms. The van der Waals surface area contributed by atoms with Crippen LogP contribution in [0.2, 0.25) is 0 Å². The van der Waals surface area contributed by atoms with Crippen molar-refractivity contribution < 1.29 is 9.47 Å². The monoisotopic (exact) mass is 245 g/mol. The van der Waals surface area contributed by atoms with Gasteiger partial charge in [0.1, 0.15) is 15.7 Å². The van der Waals surface area contributed by atoms with Crippen molar-refractivity contribution in [2.24, 2.45) is 0 Å². The third-order valence-electron chi connectivity index (χ3n) is 2.48. The lowest BCUT2D eigenvalue weighted by Gasteiger charge is -2.26. The Morgan fingerprint density at radius 2 is 1.69 bits per heavy atom. The fourth-order valence-electron chi connectivity index (χ4n) is 1.38. The van der Waals surface area contributed by atoms with Crippen molar-refractivity contribution >= 4 is 10.2 Å². The van der Waals surface area contributed by atoms with Crippen molar-refractivity contribution in [1.29, 1.82) is 0 Å². The highest BCUT2D eigenvalue weighted by Crippen LogP contribution is 2.12. The summed E-state index contributed by atoms with van der Waals surface area (Å²) in [5, 5.41) is 3.40. The molecule has 0 rings (SSSR count). The van der Waals surface area contributed by atoms with Gasteiger partial charge in [0.2, 0.25) is 0 Å². The molecule has 0 aliphatic rings. The van der Waals surface area contributed by atoms with Crippen LogP contribution in [0.15, 0.2) is 0 Å². The van der Waals surface area contributed by atoms with Gasteiger partial charge in [-0.05, 0) is 53.0 Å². The molecule has 0 amide bonds. The fourth-order valence-corrected chi connectivity index (χ4v) is 1.56. The van der Waals surface area contributed by atoms with Crippen molar-refractivity contribution in [1.82, 2.24) is 10.2 Å². The maximum atomic E-state index is 5.20. The van der Waals surface area contributed by atoms with Crippen LogP contribution in [0.1, 0.15) is 19.3 Å². The zero-order valence-corrected chi connectivity index (χ0v) is 12.0. The van der Waals surface area contributed by atoms with Crippen LogP contribution < -0.4 is 5.32 Å². The van der Waals surface area contributed by atoms with E-state index in [0.717, 1.165) is 32.5 Å². The maximum absolute atomic E-state index is 5.20. The molecule has 0 unspecified atom stereocenters. The molecular weight excluding hydrogens is 220 g/mol. The molecule has 0 spiro atoms. The van der Waals surface area contributed by atoms with Gasteiger partial charge < -0.3 is 19.7 Å². The molecule has 0 aliphatic heterocycles. The standard InChI is InChI=1S/C11H25N2O2Si/c1-13(2)10-6-9-12-8-5-7-11(16,14-3)15-4/h12H,5-10H2,1-4H3. The predicted octanol–water partition coefficient (Wildman–Crippen LogP) is 0.423. The minimum absolute atomic E-state index is 0.620. The molecule has 0 saturated carbocycles. The molecule has 0 saturated heterocycles. The van der Waals surface area contributed by atoms with Crippen LogP contribution in [0.4, 0.5) is 0 Å². The summed E-state index contributed by atoms with van der Waals surface area (Å²) in [6, 6.07) is 0. The van der Waals surface area contributed by atoms with E-state index in [-0.39, 0.29) is 0 Å². The SMILES string of the molecule is COC([Si])(CCCNCCCN(C)C)OC. The molecule has 0 heterocycles. The zero-order chi connectivity index (χ0) is 12.4. The van der Waals surface area contributed by atoms with E-state index in [1.807, 2.05) is 0 Å². The molecule has 0 aromatic rings. The average Bonchev–Trinajstić information content (AvgIpc) is 2.27. The van der Waals surface area contributed by atoms with Gasteiger partial charge in [-0.15, -0.1) is 0 Å². The third kappa shape index (κ3) is 8.24. The highest BCUT2D eigenvalue weighted by molar-refractivity contribution is 6.13. The molecule has 4 nitrogen and oxygen atoms in total. The smallest absolute Gasteiger partial charge is 0.143 e. The summed E-state index contributed by atoms with van der Waals surface area (Å²) in [5.74, 6) is 0. The average molecular weight is 245 g/mol. The number of ether oxygens (including phenoxy) is 2. The second-order valence-corrected chi connectivity index (χ2v) is 4.93. The van der Waals surface area contributed by atoms with E-state index in [9.17, 15) is 0 Å². The van der Waals surface area contributed by atoms with Gasteiger partial charge in [0.15, 0.2) is 0 Å². The van der Waals surface area contributed by atoms with Crippen LogP contribution >= 0.6 is 0 Å². The molecule has 3 radical (unpaired) electrons. The Morgan fingerprint density at radius 3 is 2.19 bits per heavy atom. The summed E-state index contributed by atoms with van der Waals surface area (Å²) in [7, 11) is 10.9. The van der Waals surface area contributed by atoms with Crippen LogP contribution in [-0.2, 0) is 9.47 Å². The zero-order valence-electron chi connectivity index (χ0n) is 11.0. The summed E-state index contributed by atoms with van der Waals surface area (Å²) in [4.78, 5) is 2.20. The van der Waals surface area contributed by atoms with Crippen LogP contribution in [0, 0.1) is 0 Å². The Bertz CT molecular complexity index is 164. The molecule has 1 N–H and O–H groups in total. The van der Waals surface area contributed by atoms with E-state index >= 15 is 0 Å². The van der Waals surface area contributed by atoms with Crippen molar-refractivity contribution in [3.8, 4) is 0 Å². The number of nitrogens with one attached hydrogen (secondary N) is 1. The summed E-state index contributed by atoms with van der Waals surface area (Å²) >= 11 is 0. The van der Waals surface area contributed by atoms with E-state index in [1.54, 1.807) is 14.2 Å². The van der Waals surface area contributed by atoms with E-state index < -0.39 is 5.41 Å². The van der Waals surface area contributed by atoms with Crippen LogP contribution in [-0.4, -0.2) is 68.5 Å². The van der Waals surface area contributed by atoms with Gasteiger partial charge in [0.25, 0.3) is 0 Å². The molecule has 95 valence electrons. The second kappa shape index (κ2) is 9.12.